The summed E-state index contributed by atoms with van der Waals surface area (Å²) in [5.41, 5.74) is 0.822. The first kappa shape index (κ1) is 11.9. The van der Waals surface area contributed by atoms with E-state index in [9.17, 15) is 20.1 Å². The van der Waals surface area contributed by atoms with Gasteiger partial charge in [-0.1, -0.05) is 12.1 Å². The fourth-order valence-corrected chi connectivity index (χ4v) is 1.94. The zero-order valence-electron chi connectivity index (χ0n) is 9.50. The third-order valence-corrected chi connectivity index (χ3v) is 3.01. The van der Waals surface area contributed by atoms with Gasteiger partial charge in [0.05, 0.1) is 17.8 Å². The van der Waals surface area contributed by atoms with Crippen LogP contribution in [0.2, 0.25) is 0 Å². The molecule has 1 aromatic rings. The minimum Gasteiger partial charge on any atom is -0.507 e. The molecular formula is C12H15NO4. The van der Waals surface area contributed by atoms with Crippen LogP contribution in [0.25, 0.3) is 0 Å². The van der Waals surface area contributed by atoms with Crippen molar-refractivity contribution in [1.29, 1.82) is 0 Å². The molecule has 1 heterocycles. The smallest absolute Gasteiger partial charge is 0.257 e. The van der Waals surface area contributed by atoms with Crippen molar-refractivity contribution in [1.82, 2.24) is 4.90 Å². The maximum Gasteiger partial charge on any atom is 0.257 e. The van der Waals surface area contributed by atoms with Crippen molar-refractivity contribution in [2.24, 2.45) is 0 Å². The molecule has 3 N–H and O–H groups in total. The lowest BCUT2D eigenvalue weighted by atomic mass is 10.1. The number of phenols is 1. The van der Waals surface area contributed by atoms with Gasteiger partial charge in [0.15, 0.2) is 0 Å². The Labute approximate surface area is 98.9 Å². The van der Waals surface area contributed by atoms with E-state index in [1.807, 2.05) is 0 Å². The number of rotatable bonds is 1. The average molecular weight is 237 g/mol. The summed E-state index contributed by atoms with van der Waals surface area (Å²) < 4.78 is 0. The highest BCUT2D eigenvalue weighted by Crippen LogP contribution is 2.24. The molecule has 1 amide bonds. The predicted octanol–water partition coefficient (Wildman–Crippen LogP) is -0.122. The molecule has 2 unspecified atom stereocenters. The van der Waals surface area contributed by atoms with Crippen LogP contribution in [0.4, 0.5) is 0 Å². The van der Waals surface area contributed by atoms with Crippen molar-refractivity contribution in [3.63, 3.8) is 0 Å². The molecule has 1 saturated heterocycles. The van der Waals surface area contributed by atoms with E-state index in [0.29, 0.717) is 5.56 Å². The highest BCUT2D eigenvalue weighted by Gasteiger charge is 2.33. The number of para-hydroxylation sites is 1. The molecule has 17 heavy (non-hydrogen) atoms. The number of nitrogens with zero attached hydrogens (tertiary/aromatic N) is 1. The second kappa shape index (κ2) is 4.35. The van der Waals surface area contributed by atoms with E-state index in [2.05, 4.69) is 0 Å². The van der Waals surface area contributed by atoms with Gasteiger partial charge in [-0.25, -0.2) is 0 Å². The number of carbonyl (C=O) groups excluding carboxylic acids is 1. The molecule has 1 aromatic carbocycles. The molecule has 5 heteroatoms. The number of aryl methyl sites for hydroxylation is 1. The molecule has 92 valence electrons. The predicted molar refractivity (Wildman–Crippen MR) is 60.8 cm³/mol. The molecular weight excluding hydrogens is 222 g/mol. The van der Waals surface area contributed by atoms with Crippen molar-refractivity contribution in [2.75, 3.05) is 13.1 Å². The second-order valence-electron chi connectivity index (χ2n) is 4.32. The Bertz CT molecular complexity index is 436. The second-order valence-corrected chi connectivity index (χ2v) is 4.32. The molecule has 0 bridgehead atoms. The van der Waals surface area contributed by atoms with Crippen LogP contribution in [0.15, 0.2) is 18.2 Å². The van der Waals surface area contributed by atoms with Crippen LogP contribution in [0.3, 0.4) is 0 Å². The fraction of sp³-hybridized carbons (Fsp3) is 0.417. The van der Waals surface area contributed by atoms with Crippen LogP contribution >= 0.6 is 0 Å². The van der Waals surface area contributed by atoms with E-state index in [0.717, 1.165) is 0 Å². The van der Waals surface area contributed by atoms with Gasteiger partial charge in [-0.2, -0.15) is 0 Å². The van der Waals surface area contributed by atoms with Crippen molar-refractivity contribution >= 4 is 5.91 Å². The average Bonchev–Trinajstić information content (AvgIpc) is 2.62. The quantitative estimate of drug-likeness (QED) is 0.636. The fourth-order valence-electron chi connectivity index (χ4n) is 1.94. The van der Waals surface area contributed by atoms with Crippen molar-refractivity contribution in [3.8, 4) is 5.75 Å². The summed E-state index contributed by atoms with van der Waals surface area (Å²) in [6, 6.07) is 4.92. The minimum atomic E-state index is -0.911. The first-order chi connectivity index (χ1) is 8.00. The Kier molecular flexibility index (Phi) is 3.04. The van der Waals surface area contributed by atoms with E-state index in [4.69, 9.17) is 0 Å². The highest BCUT2D eigenvalue weighted by atomic mass is 16.3. The topological polar surface area (TPSA) is 81.0 Å². The number of hydrogen-bond acceptors (Lipinski definition) is 4. The van der Waals surface area contributed by atoms with E-state index < -0.39 is 12.2 Å². The maximum absolute atomic E-state index is 12.1. The minimum absolute atomic E-state index is 0.0478. The lowest BCUT2D eigenvalue weighted by Gasteiger charge is -2.16. The van der Waals surface area contributed by atoms with Gasteiger partial charge in [-0.3, -0.25) is 4.79 Å². The normalized spacial score (nSPS) is 24.1. The zero-order valence-corrected chi connectivity index (χ0v) is 9.50. The van der Waals surface area contributed by atoms with Crippen LogP contribution in [0.1, 0.15) is 15.9 Å². The monoisotopic (exact) mass is 237 g/mol. The van der Waals surface area contributed by atoms with E-state index in [1.165, 1.54) is 11.0 Å². The van der Waals surface area contributed by atoms with Crippen LogP contribution in [-0.4, -0.2) is 51.4 Å². The molecule has 1 aliphatic rings. The molecule has 5 nitrogen and oxygen atoms in total. The first-order valence-electron chi connectivity index (χ1n) is 5.44. The number of β-amino-alcohol motifs (C(OH)–C–C–N with tert-alkyl or cyclic N) is 2. The van der Waals surface area contributed by atoms with Gasteiger partial charge < -0.3 is 20.2 Å². The summed E-state index contributed by atoms with van der Waals surface area (Å²) >= 11 is 0. The Hall–Kier alpha value is -1.59. The maximum atomic E-state index is 12.1. The Morgan fingerprint density at radius 3 is 2.47 bits per heavy atom. The van der Waals surface area contributed by atoms with E-state index in [-0.39, 0.29) is 30.3 Å². The number of carbonyl (C=O) groups is 1. The zero-order chi connectivity index (χ0) is 12.6. The summed E-state index contributed by atoms with van der Waals surface area (Å²) in [7, 11) is 0. The third kappa shape index (κ3) is 2.11. The third-order valence-electron chi connectivity index (χ3n) is 3.01. The van der Waals surface area contributed by atoms with Gasteiger partial charge in [0.2, 0.25) is 0 Å². The highest BCUT2D eigenvalue weighted by molar-refractivity contribution is 5.97. The number of likely N-dealkylation sites (tertiary alicyclic amines) is 1. The summed E-state index contributed by atoms with van der Waals surface area (Å²) in [5.74, 6) is -0.421. The number of aliphatic hydroxyl groups excluding tert-OH is 2. The van der Waals surface area contributed by atoms with Gasteiger partial charge in [0, 0.05) is 13.1 Å². The largest absolute Gasteiger partial charge is 0.507 e. The van der Waals surface area contributed by atoms with Crippen LogP contribution in [0.5, 0.6) is 5.75 Å². The van der Waals surface area contributed by atoms with Crippen molar-refractivity contribution < 1.29 is 20.1 Å². The van der Waals surface area contributed by atoms with Crippen molar-refractivity contribution in [3.05, 3.63) is 29.3 Å². The summed E-state index contributed by atoms with van der Waals surface area (Å²) in [6.45, 7) is 1.89. The summed E-state index contributed by atoms with van der Waals surface area (Å²) in [5, 5.41) is 28.6. The standard InChI is InChI=1S/C12H15NO4/c1-7-3-2-4-8(11(7)16)12(17)13-5-9(14)10(15)6-13/h2-4,9-10,14-16H,5-6H2,1H3. The van der Waals surface area contributed by atoms with Crippen LogP contribution in [-0.2, 0) is 0 Å². The van der Waals surface area contributed by atoms with Crippen LogP contribution < -0.4 is 0 Å². The van der Waals surface area contributed by atoms with Gasteiger partial charge in [-0.05, 0) is 18.6 Å². The Balaban J connectivity index is 2.24. The van der Waals surface area contributed by atoms with Gasteiger partial charge in [-0.15, -0.1) is 0 Å². The van der Waals surface area contributed by atoms with Gasteiger partial charge in [0.25, 0.3) is 5.91 Å². The SMILES string of the molecule is Cc1cccc(C(=O)N2CC(O)C(O)C2)c1O. The number of benzene rings is 1. The van der Waals surface area contributed by atoms with Crippen LogP contribution in [0, 0.1) is 6.92 Å². The van der Waals surface area contributed by atoms with E-state index in [1.54, 1.807) is 19.1 Å². The number of hydrogen-bond donors (Lipinski definition) is 3. The molecule has 0 aliphatic carbocycles. The summed E-state index contributed by atoms with van der Waals surface area (Å²) in [4.78, 5) is 13.4. The number of aromatic hydroxyl groups is 1. The first-order valence-corrected chi connectivity index (χ1v) is 5.44. The molecule has 2 rings (SSSR count). The number of phenolic OH excluding ortho intramolecular Hbond substituents is 1. The van der Waals surface area contributed by atoms with Gasteiger partial charge in [0.1, 0.15) is 5.75 Å². The van der Waals surface area contributed by atoms with Gasteiger partial charge >= 0.3 is 0 Å². The molecule has 1 fully saturated rings. The molecule has 0 radical (unpaired) electrons. The molecule has 1 aliphatic heterocycles. The number of aliphatic hydroxyl groups is 2. The Morgan fingerprint density at radius 1 is 1.29 bits per heavy atom. The number of amides is 1. The van der Waals surface area contributed by atoms with Crippen molar-refractivity contribution in [2.45, 2.75) is 19.1 Å². The molecule has 0 saturated carbocycles. The Morgan fingerprint density at radius 2 is 1.88 bits per heavy atom. The lowest BCUT2D eigenvalue weighted by Crippen LogP contribution is -2.29. The molecule has 0 spiro atoms. The summed E-state index contributed by atoms with van der Waals surface area (Å²) in [6.07, 6.45) is -1.82. The van der Waals surface area contributed by atoms with E-state index >= 15 is 0 Å². The molecule has 2 atom stereocenters. The molecule has 0 aromatic heterocycles. The lowest BCUT2D eigenvalue weighted by molar-refractivity contribution is 0.0572.